The van der Waals surface area contributed by atoms with E-state index >= 15 is 0 Å². The van der Waals surface area contributed by atoms with Crippen LogP contribution in [0.4, 0.5) is 10.1 Å². The molecule has 2 rings (SSSR count). The summed E-state index contributed by atoms with van der Waals surface area (Å²) in [6.07, 6.45) is 0.959. The molecule has 1 saturated heterocycles. The van der Waals surface area contributed by atoms with Crippen molar-refractivity contribution in [3.63, 3.8) is 0 Å². The van der Waals surface area contributed by atoms with Gasteiger partial charge in [0.25, 0.3) is 0 Å². The van der Waals surface area contributed by atoms with E-state index in [1.54, 1.807) is 20.8 Å². The van der Waals surface area contributed by atoms with Crippen LogP contribution in [0, 0.1) is 11.2 Å². The summed E-state index contributed by atoms with van der Waals surface area (Å²) in [6.45, 7) is 5.99. The van der Waals surface area contributed by atoms with Gasteiger partial charge in [0.05, 0.1) is 5.41 Å². The smallest absolute Gasteiger partial charge is 0.244 e. The largest absolute Gasteiger partial charge is 0.381 e. The van der Waals surface area contributed by atoms with Gasteiger partial charge < -0.3 is 15.8 Å². The second kappa shape index (κ2) is 8.83. The third kappa shape index (κ3) is 5.86. The number of carbonyl (C=O) groups is 1. The number of rotatable bonds is 5. The lowest BCUT2D eigenvalue weighted by atomic mass is 9.79. The van der Waals surface area contributed by atoms with Crippen molar-refractivity contribution >= 4 is 34.0 Å². The van der Waals surface area contributed by atoms with Gasteiger partial charge in [0, 0.05) is 31.0 Å². The van der Waals surface area contributed by atoms with Crippen LogP contribution < -0.4 is 15.8 Å². The minimum absolute atomic E-state index is 0. The average Bonchev–Trinajstić information content (AvgIpc) is 2.54. The van der Waals surface area contributed by atoms with Gasteiger partial charge in [0.1, 0.15) is 10.7 Å². The highest BCUT2D eigenvalue weighted by Gasteiger charge is 2.39. The van der Waals surface area contributed by atoms with Crippen molar-refractivity contribution in [3.05, 3.63) is 24.0 Å². The molecule has 0 bridgehead atoms. The number of ether oxygens (including phenoxy) is 1. The van der Waals surface area contributed by atoms with Crippen molar-refractivity contribution in [2.45, 2.75) is 44.0 Å². The molecule has 0 spiro atoms. The monoisotopic (exact) mass is 423 g/mol. The van der Waals surface area contributed by atoms with Crippen molar-refractivity contribution in [1.29, 1.82) is 0 Å². The summed E-state index contributed by atoms with van der Waals surface area (Å²) >= 11 is 0. The van der Waals surface area contributed by atoms with E-state index in [-0.39, 0.29) is 30.5 Å². The second-order valence-electron chi connectivity index (χ2n) is 7.55. The molecule has 0 saturated carbocycles. The fourth-order valence-electron chi connectivity index (χ4n) is 2.79. The molecule has 1 aromatic rings. The van der Waals surface area contributed by atoms with Gasteiger partial charge in [-0.2, -0.15) is 0 Å². The van der Waals surface area contributed by atoms with Crippen molar-refractivity contribution in [2.75, 3.05) is 25.1 Å². The first-order valence-corrected chi connectivity index (χ1v) is 9.90. The van der Waals surface area contributed by atoms with Gasteiger partial charge in [-0.15, -0.1) is 12.4 Å². The maximum absolute atomic E-state index is 14.1. The van der Waals surface area contributed by atoms with E-state index in [9.17, 15) is 17.6 Å². The number of nitrogens with two attached hydrogens (primary N) is 1. The van der Waals surface area contributed by atoms with Crippen LogP contribution in [0.2, 0.25) is 0 Å². The number of halogens is 2. The number of nitrogens with one attached hydrogen (secondary N) is 2. The predicted octanol–water partition coefficient (Wildman–Crippen LogP) is 2.02. The van der Waals surface area contributed by atoms with E-state index in [2.05, 4.69) is 10.0 Å². The molecule has 4 N–H and O–H groups in total. The second-order valence-corrected chi connectivity index (χ2v) is 9.20. The van der Waals surface area contributed by atoms with Crippen LogP contribution in [-0.2, 0) is 19.6 Å². The van der Waals surface area contributed by atoms with Gasteiger partial charge in [0.2, 0.25) is 15.9 Å². The Morgan fingerprint density at radius 3 is 2.41 bits per heavy atom. The first-order valence-electron chi connectivity index (χ1n) is 8.42. The molecular weight excluding hydrogens is 397 g/mol. The first-order chi connectivity index (χ1) is 12.0. The zero-order valence-corrected chi connectivity index (χ0v) is 17.3. The number of amides is 1. The summed E-state index contributed by atoms with van der Waals surface area (Å²) < 4.78 is 46.6. The summed E-state index contributed by atoms with van der Waals surface area (Å²) in [5.74, 6) is -1.21. The molecule has 7 nitrogen and oxygen atoms in total. The van der Waals surface area contributed by atoms with E-state index in [4.69, 9.17) is 10.5 Å². The Bertz CT molecular complexity index is 775. The van der Waals surface area contributed by atoms with Gasteiger partial charge in [-0.3, -0.25) is 4.79 Å². The summed E-state index contributed by atoms with van der Waals surface area (Å²) in [7, 11) is -4.07. The number of anilines is 1. The Hall–Kier alpha value is -1.26. The number of benzene rings is 1. The van der Waals surface area contributed by atoms with Gasteiger partial charge >= 0.3 is 0 Å². The lowest BCUT2D eigenvalue weighted by molar-refractivity contribution is -0.130. The third-order valence-electron chi connectivity index (χ3n) is 4.24. The molecular formula is C17H27ClFN3O4S. The maximum Gasteiger partial charge on any atom is 0.244 e. The lowest BCUT2D eigenvalue weighted by Crippen LogP contribution is -2.46. The molecule has 1 aromatic carbocycles. The van der Waals surface area contributed by atoms with Gasteiger partial charge in [0.15, 0.2) is 0 Å². The summed E-state index contributed by atoms with van der Waals surface area (Å²) in [6, 6.07) is 3.46. The van der Waals surface area contributed by atoms with Crippen LogP contribution in [0.5, 0.6) is 0 Å². The minimum Gasteiger partial charge on any atom is -0.381 e. The highest BCUT2D eigenvalue weighted by atomic mass is 35.5. The van der Waals surface area contributed by atoms with Crippen molar-refractivity contribution in [2.24, 2.45) is 11.1 Å². The summed E-state index contributed by atoms with van der Waals surface area (Å²) in [4.78, 5) is 12.2. The van der Waals surface area contributed by atoms with Crippen molar-refractivity contribution in [1.82, 2.24) is 4.72 Å². The summed E-state index contributed by atoms with van der Waals surface area (Å²) in [5, 5.41) is 2.67. The van der Waals surface area contributed by atoms with Gasteiger partial charge in [-0.05, 0) is 51.8 Å². The van der Waals surface area contributed by atoms with Crippen molar-refractivity contribution < 1.29 is 22.3 Å². The molecule has 0 aromatic heterocycles. The van der Waals surface area contributed by atoms with Gasteiger partial charge in [-0.1, -0.05) is 0 Å². The van der Waals surface area contributed by atoms with Crippen molar-refractivity contribution in [3.8, 4) is 0 Å². The molecule has 1 aliphatic rings. The van der Waals surface area contributed by atoms with E-state index < -0.39 is 31.7 Å². The number of sulfonamides is 1. The minimum atomic E-state index is -4.07. The topological polar surface area (TPSA) is 111 Å². The normalized spacial score (nSPS) is 17.1. The molecule has 0 unspecified atom stereocenters. The van der Waals surface area contributed by atoms with E-state index in [1.807, 2.05) is 0 Å². The highest BCUT2D eigenvalue weighted by Crippen LogP contribution is 2.31. The Labute approximate surface area is 165 Å². The molecule has 1 fully saturated rings. The van der Waals surface area contributed by atoms with Gasteiger partial charge in [-0.25, -0.2) is 17.5 Å². The zero-order chi connectivity index (χ0) is 19.6. The molecule has 154 valence electrons. The van der Waals surface area contributed by atoms with E-state index in [0.717, 1.165) is 12.1 Å². The van der Waals surface area contributed by atoms with Crippen LogP contribution >= 0.6 is 12.4 Å². The average molecular weight is 424 g/mol. The van der Waals surface area contributed by atoms with Crippen LogP contribution in [0.25, 0.3) is 0 Å². The predicted molar refractivity (Wildman–Crippen MR) is 104 cm³/mol. The lowest BCUT2D eigenvalue weighted by Gasteiger charge is -2.34. The number of hydrogen-bond acceptors (Lipinski definition) is 5. The van der Waals surface area contributed by atoms with Crippen LogP contribution in [0.3, 0.4) is 0 Å². The molecule has 10 heteroatoms. The first kappa shape index (κ1) is 23.8. The molecule has 0 aliphatic carbocycles. The summed E-state index contributed by atoms with van der Waals surface area (Å²) in [5.41, 5.74) is 4.47. The fourth-order valence-corrected chi connectivity index (χ4v) is 4.32. The molecule has 1 heterocycles. The van der Waals surface area contributed by atoms with E-state index in [1.165, 1.54) is 6.07 Å². The molecule has 0 atom stereocenters. The van der Waals surface area contributed by atoms with Crippen LogP contribution in [0.15, 0.2) is 23.1 Å². The molecule has 1 aliphatic heterocycles. The Morgan fingerprint density at radius 1 is 1.30 bits per heavy atom. The molecule has 1 amide bonds. The Balaban J connectivity index is 0.00000364. The fraction of sp³-hybridized carbons (Fsp3) is 0.588. The van der Waals surface area contributed by atoms with E-state index in [0.29, 0.717) is 26.1 Å². The number of hydrogen-bond donors (Lipinski definition) is 3. The number of carbonyl (C=O) groups excluding carboxylic acids is 1. The molecule has 27 heavy (non-hydrogen) atoms. The van der Waals surface area contributed by atoms with Crippen LogP contribution in [-0.4, -0.2) is 39.6 Å². The molecule has 0 radical (unpaired) electrons. The zero-order valence-electron chi connectivity index (χ0n) is 15.7. The maximum atomic E-state index is 14.1. The Morgan fingerprint density at radius 2 is 1.89 bits per heavy atom. The Kier molecular flexibility index (Phi) is 7.78. The SMILES string of the molecule is CC(C)(C)NS(=O)(=O)c1cc(NC(=O)C2(CN)CCOCC2)ccc1F.Cl. The van der Waals surface area contributed by atoms with Crippen LogP contribution in [0.1, 0.15) is 33.6 Å². The quantitative estimate of drug-likeness (QED) is 0.671. The third-order valence-corrected chi connectivity index (χ3v) is 6.01. The highest BCUT2D eigenvalue weighted by molar-refractivity contribution is 7.89. The standard InChI is InChI=1S/C17H26FN3O4S.ClH/c1-16(2,3)21-26(23,24)14-10-12(4-5-13(14)18)20-15(22)17(11-19)6-8-25-9-7-17;/h4-5,10,21H,6-9,11,19H2,1-3H3,(H,20,22);1H.